The molecule has 1 aromatic rings. The van der Waals surface area contributed by atoms with E-state index in [9.17, 15) is 0 Å². The van der Waals surface area contributed by atoms with Gasteiger partial charge in [0, 0.05) is 0 Å². The molecule has 0 spiro atoms. The number of hydrogen-bond donors (Lipinski definition) is 0. The molecule has 0 radical (unpaired) electrons. The minimum Gasteiger partial charge on any atom is -0.0842 e. The van der Waals surface area contributed by atoms with Crippen LogP contribution in [0.15, 0.2) is 222 Å². The second-order valence-electron chi connectivity index (χ2n) is 16.5. The normalized spacial score (nSPS) is 29.6. The minimum absolute atomic E-state index is 0.459. The van der Waals surface area contributed by atoms with Gasteiger partial charge in [0.05, 0.1) is 0 Å². The SMILES string of the molecule is C1=CCCC(C(CC2C=CC(C=CC3C=CC=CC3)=CC2)C2C=CC(C3=CCC(C(c4ccccc4)C4C=CC(C=CC5C=CC=CC5)=CC4)C=C3)=CC2)=C1. The smallest absolute Gasteiger partial charge is 0.00124 e. The molecule has 0 N–H and O–H groups in total. The van der Waals surface area contributed by atoms with E-state index in [1.807, 2.05) is 0 Å². The molecule has 0 nitrogen and oxygen atoms in total. The van der Waals surface area contributed by atoms with Crippen molar-refractivity contribution in [2.75, 3.05) is 0 Å². The van der Waals surface area contributed by atoms with Crippen LogP contribution in [0.3, 0.4) is 0 Å². The number of allylic oxidation sites excluding steroid dienone is 32. The van der Waals surface area contributed by atoms with Gasteiger partial charge in [-0.3, -0.25) is 0 Å². The van der Waals surface area contributed by atoms with Gasteiger partial charge in [-0.1, -0.05) is 200 Å². The summed E-state index contributed by atoms with van der Waals surface area (Å²) in [7, 11) is 0. The third kappa shape index (κ3) is 9.84. The molecule has 7 aliphatic carbocycles. The van der Waals surface area contributed by atoms with Gasteiger partial charge in [-0.05, 0) is 133 Å². The number of benzene rings is 1. The first-order valence-electron chi connectivity index (χ1n) is 21.2. The van der Waals surface area contributed by atoms with E-state index in [1.165, 1.54) is 47.1 Å². The Balaban J connectivity index is 0.895. The third-order valence-corrected chi connectivity index (χ3v) is 12.8. The topological polar surface area (TPSA) is 0 Å². The van der Waals surface area contributed by atoms with Crippen LogP contribution in [0.25, 0.3) is 0 Å². The molecule has 0 saturated heterocycles. The summed E-state index contributed by atoms with van der Waals surface area (Å²) in [5, 5.41) is 0. The highest BCUT2D eigenvalue weighted by Crippen LogP contribution is 2.43. The second-order valence-corrected chi connectivity index (χ2v) is 16.5. The Bertz CT molecular complexity index is 2010. The average Bonchev–Trinajstić information content (AvgIpc) is 3.27. The highest BCUT2D eigenvalue weighted by atomic mass is 14.3. The van der Waals surface area contributed by atoms with E-state index in [2.05, 4.69) is 194 Å². The van der Waals surface area contributed by atoms with Gasteiger partial charge >= 0.3 is 0 Å². The monoisotopic (exact) mass is 718 g/mol. The lowest BCUT2D eigenvalue weighted by atomic mass is 9.70. The Morgan fingerprint density at radius 1 is 0.545 bits per heavy atom. The Morgan fingerprint density at radius 2 is 1.16 bits per heavy atom. The fraction of sp³-hybridized carbons (Fsp3) is 0.309. The molecule has 8 unspecified atom stereocenters. The lowest BCUT2D eigenvalue weighted by Gasteiger charge is -2.34. The van der Waals surface area contributed by atoms with E-state index in [-0.39, 0.29) is 0 Å². The molecule has 8 atom stereocenters. The van der Waals surface area contributed by atoms with E-state index in [1.54, 1.807) is 5.57 Å². The van der Waals surface area contributed by atoms with Crippen LogP contribution in [0.2, 0.25) is 0 Å². The lowest BCUT2D eigenvalue weighted by molar-refractivity contribution is 0.366. The summed E-state index contributed by atoms with van der Waals surface area (Å²) in [4.78, 5) is 0. The van der Waals surface area contributed by atoms with Crippen LogP contribution < -0.4 is 0 Å². The van der Waals surface area contributed by atoms with Crippen molar-refractivity contribution in [3.05, 3.63) is 228 Å². The predicted molar refractivity (Wildman–Crippen MR) is 236 cm³/mol. The summed E-state index contributed by atoms with van der Waals surface area (Å²) >= 11 is 0. The van der Waals surface area contributed by atoms with Crippen LogP contribution in [-0.4, -0.2) is 0 Å². The van der Waals surface area contributed by atoms with Crippen molar-refractivity contribution in [3.8, 4) is 0 Å². The van der Waals surface area contributed by atoms with Gasteiger partial charge in [0.15, 0.2) is 0 Å². The van der Waals surface area contributed by atoms with E-state index in [4.69, 9.17) is 0 Å². The third-order valence-electron chi connectivity index (χ3n) is 12.8. The van der Waals surface area contributed by atoms with Gasteiger partial charge in [-0.2, -0.15) is 0 Å². The zero-order chi connectivity index (χ0) is 37.1. The van der Waals surface area contributed by atoms with Crippen molar-refractivity contribution >= 4 is 0 Å². The van der Waals surface area contributed by atoms with Crippen LogP contribution >= 0.6 is 0 Å². The molecule has 278 valence electrons. The van der Waals surface area contributed by atoms with Gasteiger partial charge < -0.3 is 0 Å². The van der Waals surface area contributed by atoms with Crippen molar-refractivity contribution < 1.29 is 0 Å². The van der Waals surface area contributed by atoms with E-state index in [0.717, 1.165) is 38.5 Å². The van der Waals surface area contributed by atoms with Crippen molar-refractivity contribution in [1.82, 2.24) is 0 Å². The summed E-state index contributed by atoms with van der Waals surface area (Å²) in [6, 6.07) is 11.3. The largest absolute Gasteiger partial charge is 0.0842 e. The standard InChI is InChI=1S/C55H58/c1-5-13-42(14-6-1)21-23-44-25-27-46(28-26-44)41-54(49-17-9-3-10-18-49)50-37-33-47(34-38-50)48-35-39-53(40-36-48)55(51-19-11-4-12-20-51)52-31-29-45(30-32-52)24-22-43-15-7-2-8-16-43/h1-9,11-13,15,17,19-27,29-31,33-37,39,42-43,46,50,52-55H,10,14,16,18,28,32,38,40-41H2. The Hall–Kier alpha value is -4.94. The van der Waals surface area contributed by atoms with Crippen LogP contribution in [0, 0.1) is 41.4 Å². The van der Waals surface area contributed by atoms with Gasteiger partial charge in [-0.25, -0.2) is 0 Å². The molecule has 7 aliphatic rings. The predicted octanol–water partition coefficient (Wildman–Crippen LogP) is 14.4. The maximum atomic E-state index is 2.56. The minimum atomic E-state index is 0.459. The maximum absolute atomic E-state index is 2.56. The molecule has 0 aliphatic heterocycles. The first-order valence-corrected chi connectivity index (χ1v) is 21.2. The van der Waals surface area contributed by atoms with Gasteiger partial charge in [0.2, 0.25) is 0 Å². The molecule has 0 fully saturated rings. The molecule has 8 rings (SSSR count). The quantitative estimate of drug-likeness (QED) is 0.202. The Morgan fingerprint density at radius 3 is 1.69 bits per heavy atom. The molecule has 0 saturated carbocycles. The van der Waals surface area contributed by atoms with Crippen LogP contribution in [0.1, 0.15) is 69.3 Å². The van der Waals surface area contributed by atoms with Crippen LogP contribution in [0.5, 0.6) is 0 Å². The van der Waals surface area contributed by atoms with Gasteiger partial charge in [0.1, 0.15) is 0 Å². The highest BCUT2D eigenvalue weighted by molar-refractivity contribution is 5.50. The van der Waals surface area contributed by atoms with E-state index >= 15 is 0 Å². The van der Waals surface area contributed by atoms with E-state index in [0.29, 0.717) is 47.3 Å². The summed E-state index contributed by atoms with van der Waals surface area (Å²) < 4.78 is 0. The fourth-order valence-corrected chi connectivity index (χ4v) is 9.59. The summed E-state index contributed by atoms with van der Waals surface area (Å²) in [5.41, 5.74) is 8.61. The Kier molecular flexibility index (Phi) is 12.5. The summed E-state index contributed by atoms with van der Waals surface area (Å²) in [6.07, 6.45) is 74.1. The van der Waals surface area contributed by atoms with Crippen molar-refractivity contribution in [1.29, 1.82) is 0 Å². The van der Waals surface area contributed by atoms with Crippen LogP contribution in [0.4, 0.5) is 0 Å². The van der Waals surface area contributed by atoms with Crippen LogP contribution in [-0.2, 0) is 0 Å². The molecule has 1 aromatic carbocycles. The average molecular weight is 719 g/mol. The van der Waals surface area contributed by atoms with Gasteiger partial charge in [0.25, 0.3) is 0 Å². The first-order chi connectivity index (χ1) is 27.2. The zero-order valence-electron chi connectivity index (χ0n) is 32.5. The molecular weight excluding hydrogens is 661 g/mol. The molecular formula is C55H58. The highest BCUT2D eigenvalue weighted by Gasteiger charge is 2.31. The van der Waals surface area contributed by atoms with Crippen molar-refractivity contribution in [3.63, 3.8) is 0 Å². The molecule has 0 aromatic heterocycles. The summed E-state index contributed by atoms with van der Waals surface area (Å²) in [5.74, 6) is 4.20. The van der Waals surface area contributed by atoms with Crippen molar-refractivity contribution in [2.45, 2.75) is 63.7 Å². The fourth-order valence-electron chi connectivity index (χ4n) is 9.59. The molecule has 0 amide bonds. The zero-order valence-corrected chi connectivity index (χ0v) is 32.5. The second kappa shape index (κ2) is 18.6. The molecule has 0 heteroatoms. The first kappa shape index (κ1) is 37.0. The van der Waals surface area contributed by atoms with Gasteiger partial charge in [-0.15, -0.1) is 0 Å². The molecule has 55 heavy (non-hydrogen) atoms. The molecule has 0 bridgehead atoms. The Labute approximate surface area is 331 Å². The lowest BCUT2D eigenvalue weighted by Crippen LogP contribution is -2.22. The number of hydrogen-bond acceptors (Lipinski definition) is 0. The molecule has 0 heterocycles. The number of rotatable bonds is 12. The summed E-state index contributed by atoms with van der Waals surface area (Å²) in [6.45, 7) is 0. The van der Waals surface area contributed by atoms with Crippen molar-refractivity contribution in [2.24, 2.45) is 41.4 Å². The maximum Gasteiger partial charge on any atom is -0.00124 e. The van der Waals surface area contributed by atoms with E-state index < -0.39 is 0 Å².